The molecule has 0 aromatic carbocycles. The highest BCUT2D eigenvalue weighted by Crippen LogP contribution is 2.12. The van der Waals surface area contributed by atoms with Gasteiger partial charge in [0.15, 0.2) is 5.96 Å². The Balaban J connectivity index is 0.00000441. The molecule has 0 radical (unpaired) electrons. The Labute approximate surface area is 152 Å². The third-order valence-electron chi connectivity index (χ3n) is 3.68. The quantitative estimate of drug-likeness (QED) is 0.237. The van der Waals surface area contributed by atoms with Gasteiger partial charge in [-0.2, -0.15) is 0 Å². The summed E-state index contributed by atoms with van der Waals surface area (Å²) < 4.78 is 11.0. The predicted molar refractivity (Wildman–Crippen MR) is 102 cm³/mol. The summed E-state index contributed by atoms with van der Waals surface area (Å²) in [7, 11) is 3.92. The summed E-state index contributed by atoms with van der Waals surface area (Å²) in [5.74, 6) is 1.46. The van der Waals surface area contributed by atoms with Crippen molar-refractivity contribution >= 4 is 29.9 Å². The largest absolute Gasteiger partial charge is 0.381 e. The number of hydrogen-bond donors (Lipinski definition) is 2. The summed E-state index contributed by atoms with van der Waals surface area (Å²) in [5, 5.41) is 6.62. The molecule has 0 aromatic rings. The fraction of sp³-hybridized carbons (Fsp3) is 0.933. The first-order valence-corrected chi connectivity index (χ1v) is 8.04. The van der Waals surface area contributed by atoms with E-state index in [-0.39, 0.29) is 24.0 Å². The molecule has 1 atom stereocenters. The van der Waals surface area contributed by atoms with Crippen molar-refractivity contribution in [1.29, 1.82) is 0 Å². The second kappa shape index (κ2) is 14.5. The highest BCUT2D eigenvalue weighted by atomic mass is 127. The Bertz CT molecular complexity index is 287. The van der Waals surface area contributed by atoms with Crippen LogP contribution in [0.15, 0.2) is 4.99 Å². The molecule has 0 aromatic heterocycles. The maximum absolute atomic E-state index is 5.67. The van der Waals surface area contributed by atoms with Crippen LogP contribution in [-0.2, 0) is 9.47 Å². The fourth-order valence-corrected chi connectivity index (χ4v) is 2.09. The normalized spacial score (nSPS) is 18.4. The number of nitrogens with one attached hydrogen (secondary N) is 2. The third kappa shape index (κ3) is 10.6. The Kier molecular flexibility index (Phi) is 14.4. The highest BCUT2D eigenvalue weighted by Gasteiger charge is 2.15. The van der Waals surface area contributed by atoms with Gasteiger partial charge in [0.1, 0.15) is 0 Å². The van der Waals surface area contributed by atoms with Crippen molar-refractivity contribution in [1.82, 2.24) is 15.5 Å². The summed E-state index contributed by atoms with van der Waals surface area (Å²) >= 11 is 0. The summed E-state index contributed by atoms with van der Waals surface area (Å²) in [6.07, 6.45) is 2.13. The van der Waals surface area contributed by atoms with E-state index in [1.165, 1.54) is 0 Å². The van der Waals surface area contributed by atoms with Crippen LogP contribution in [0.5, 0.6) is 0 Å². The van der Waals surface area contributed by atoms with Gasteiger partial charge in [-0.3, -0.25) is 4.99 Å². The zero-order valence-corrected chi connectivity index (χ0v) is 16.6. The van der Waals surface area contributed by atoms with Gasteiger partial charge in [-0.05, 0) is 26.4 Å². The molecule has 0 spiro atoms. The summed E-state index contributed by atoms with van der Waals surface area (Å²) in [6.45, 7) is 9.40. The van der Waals surface area contributed by atoms with E-state index in [1.54, 1.807) is 7.05 Å². The molecule has 1 unspecified atom stereocenters. The van der Waals surface area contributed by atoms with Crippen LogP contribution in [0, 0.1) is 5.92 Å². The van der Waals surface area contributed by atoms with Gasteiger partial charge in [0.05, 0.1) is 13.2 Å². The SMILES string of the molecule is CCN(C)CCNC(=NC)NCCCOCC1CCOC1.I. The second-order valence-electron chi connectivity index (χ2n) is 5.48. The lowest BCUT2D eigenvalue weighted by molar-refractivity contribution is 0.0888. The number of halogens is 1. The standard InChI is InChI=1S/C15H32N4O2.HI/c1-4-19(3)9-8-18-15(16-2)17-7-5-10-20-12-14-6-11-21-13-14;/h14H,4-13H2,1-3H3,(H2,16,17,18);1H. The van der Waals surface area contributed by atoms with Gasteiger partial charge >= 0.3 is 0 Å². The Morgan fingerprint density at radius 2 is 2.14 bits per heavy atom. The minimum Gasteiger partial charge on any atom is -0.381 e. The van der Waals surface area contributed by atoms with E-state index in [0.29, 0.717) is 5.92 Å². The fourth-order valence-electron chi connectivity index (χ4n) is 2.09. The highest BCUT2D eigenvalue weighted by molar-refractivity contribution is 14.0. The van der Waals surface area contributed by atoms with Crippen molar-refractivity contribution in [2.45, 2.75) is 19.8 Å². The van der Waals surface area contributed by atoms with Gasteiger partial charge in [0.2, 0.25) is 0 Å². The molecule has 1 aliphatic heterocycles. The molecule has 6 nitrogen and oxygen atoms in total. The van der Waals surface area contributed by atoms with Gasteiger partial charge in [-0.15, -0.1) is 24.0 Å². The predicted octanol–water partition coefficient (Wildman–Crippen LogP) is 1.16. The first kappa shape index (κ1) is 21.9. The van der Waals surface area contributed by atoms with Crippen LogP contribution in [-0.4, -0.2) is 77.6 Å². The second-order valence-corrected chi connectivity index (χ2v) is 5.48. The van der Waals surface area contributed by atoms with E-state index in [1.807, 2.05) is 0 Å². The molecule has 0 aliphatic carbocycles. The van der Waals surface area contributed by atoms with Crippen molar-refractivity contribution < 1.29 is 9.47 Å². The molecule has 1 saturated heterocycles. The molecule has 1 aliphatic rings. The van der Waals surface area contributed by atoms with Crippen LogP contribution in [0.2, 0.25) is 0 Å². The molecule has 1 fully saturated rings. The number of aliphatic imine (C=N–C) groups is 1. The van der Waals surface area contributed by atoms with Crippen LogP contribution in [0.4, 0.5) is 0 Å². The van der Waals surface area contributed by atoms with E-state index in [0.717, 1.165) is 71.4 Å². The average Bonchev–Trinajstić information content (AvgIpc) is 3.01. The molecular formula is C15H33IN4O2. The van der Waals surface area contributed by atoms with Gasteiger partial charge in [-0.25, -0.2) is 0 Å². The average molecular weight is 428 g/mol. The number of likely N-dealkylation sites (N-methyl/N-ethyl adjacent to an activating group) is 1. The number of guanidine groups is 1. The third-order valence-corrected chi connectivity index (χ3v) is 3.68. The Morgan fingerprint density at radius 3 is 2.77 bits per heavy atom. The topological polar surface area (TPSA) is 58.1 Å². The smallest absolute Gasteiger partial charge is 0.191 e. The molecule has 2 N–H and O–H groups in total. The maximum atomic E-state index is 5.67. The van der Waals surface area contributed by atoms with E-state index in [4.69, 9.17) is 9.47 Å². The lowest BCUT2D eigenvalue weighted by Gasteiger charge is -2.16. The first-order chi connectivity index (χ1) is 10.3. The van der Waals surface area contributed by atoms with Crippen molar-refractivity contribution in [2.75, 3.05) is 66.7 Å². The van der Waals surface area contributed by atoms with Gasteiger partial charge < -0.3 is 25.0 Å². The lowest BCUT2D eigenvalue weighted by atomic mass is 10.1. The molecule has 7 heteroatoms. The molecule has 0 saturated carbocycles. The van der Waals surface area contributed by atoms with E-state index in [2.05, 4.69) is 34.5 Å². The number of hydrogen-bond acceptors (Lipinski definition) is 4. The molecule has 1 heterocycles. The van der Waals surface area contributed by atoms with Gasteiger partial charge in [-0.1, -0.05) is 6.92 Å². The Hall–Kier alpha value is -0.120. The molecular weight excluding hydrogens is 395 g/mol. The van der Waals surface area contributed by atoms with E-state index in [9.17, 15) is 0 Å². The minimum absolute atomic E-state index is 0. The van der Waals surface area contributed by atoms with Crippen LogP contribution in [0.3, 0.4) is 0 Å². The van der Waals surface area contributed by atoms with Gasteiger partial charge in [0.25, 0.3) is 0 Å². The first-order valence-electron chi connectivity index (χ1n) is 8.04. The van der Waals surface area contributed by atoms with Crippen molar-refractivity contribution in [2.24, 2.45) is 10.9 Å². The van der Waals surface area contributed by atoms with Gasteiger partial charge in [0, 0.05) is 45.8 Å². The maximum Gasteiger partial charge on any atom is 0.191 e. The van der Waals surface area contributed by atoms with Crippen molar-refractivity contribution in [3.05, 3.63) is 0 Å². The zero-order chi connectivity index (χ0) is 15.3. The summed E-state index contributed by atoms with van der Waals surface area (Å²) in [5.41, 5.74) is 0. The van der Waals surface area contributed by atoms with E-state index >= 15 is 0 Å². The summed E-state index contributed by atoms with van der Waals surface area (Å²) in [4.78, 5) is 6.47. The summed E-state index contributed by atoms with van der Waals surface area (Å²) in [6, 6.07) is 0. The number of ether oxygens (including phenoxy) is 2. The van der Waals surface area contributed by atoms with Crippen LogP contribution < -0.4 is 10.6 Å². The monoisotopic (exact) mass is 428 g/mol. The van der Waals surface area contributed by atoms with Crippen molar-refractivity contribution in [3.63, 3.8) is 0 Å². The molecule has 0 bridgehead atoms. The molecule has 0 amide bonds. The van der Waals surface area contributed by atoms with Crippen LogP contribution in [0.1, 0.15) is 19.8 Å². The van der Waals surface area contributed by atoms with Crippen LogP contribution >= 0.6 is 24.0 Å². The zero-order valence-electron chi connectivity index (χ0n) is 14.3. The molecule has 22 heavy (non-hydrogen) atoms. The lowest BCUT2D eigenvalue weighted by Crippen LogP contribution is -2.41. The van der Waals surface area contributed by atoms with Crippen molar-refractivity contribution in [3.8, 4) is 0 Å². The van der Waals surface area contributed by atoms with E-state index < -0.39 is 0 Å². The number of rotatable bonds is 10. The molecule has 1 rings (SSSR count). The number of nitrogens with zero attached hydrogens (tertiary/aromatic N) is 2. The van der Waals surface area contributed by atoms with Crippen LogP contribution in [0.25, 0.3) is 0 Å². The minimum atomic E-state index is 0. The molecule has 132 valence electrons. The Morgan fingerprint density at radius 1 is 1.36 bits per heavy atom.